The standard InChI is InChI=1S/C14H28O2.C9H13N/c1-2-3-4-5-6-7-8-9-10-11-12-13-14(15)16;1-8(10)7-9-5-3-2-4-6-9/h2-13H2,1H3,(H,15,16);2-6,8H,7,10H2,1H3. The molecular weight excluding hydrogens is 322 g/mol. The molecule has 0 aromatic heterocycles. The van der Waals surface area contributed by atoms with E-state index < -0.39 is 5.97 Å². The molecule has 0 aliphatic carbocycles. The van der Waals surface area contributed by atoms with Gasteiger partial charge in [-0.1, -0.05) is 101 Å². The van der Waals surface area contributed by atoms with Crippen LogP contribution in [0.1, 0.15) is 96.5 Å². The molecule has 150 valence electrons. The molecule has 0 aliphatic heterocycles. The fraction of sp³-hybridized carbons (Fsp3) is 0.696. The molecular formula is C23H41NO2. The third kappa shape index (κ3) is 19.0. The van der Waals surface area contributed by atoms with Crippen LogP contribution in [0.25, 0.3) is 0 Å². The zero-order valence-electron chi connectivity index (χ0n) is 17.1. The van der Waals surface area contributed by atoms with E-state index in [1.165, 1.54) is 63.4 Å². The van der Waals surface area contributed by atoms with Gasteiger partial charge in [-0.05, 0) is 25.3 Å². The molecule has 1 rings (SSSR count). The van der Waals surface area contributed by atoms with Gasteiger partial charge in [0.25, 0.3) is 0 Å². The zero-order chi connectivity index (χ0) is 19.5. The van der Waals surface area contributed by atoms with Crippen LogP contribution < -0.4 is 5.73 Å². The normalized spacial score (nSPS) is 11.5. The monoisotopic (exact) mass is 363 g/mol. The summed E-state index contributed by atoms with van der Waals surface area (Å²) in [4.78, 5) is 10.3. The highest BCUT2D eigenvalue weighted by molar-refractivity contribution is 5.66. The van der Waals surface area contributed by atoms with Crippen molar-refractivity contribution in [2.75, 3.05) is 0 Å². The second-order valence-electron chi connectivity index (χ2n) is 7.35. The molecule has 1 aromatic rings. The van der Waals surface area contributed by atoms with Crippen LogP contribution in [0.3, 0.4) is 0 Å². The van der Waals surface area contributed by atoms with Crippen molar-refractivity contribution in [2.45, 2.75) is 103 Å². The Morgan fingerprint density at radius 3 is 1.77 bits per heavy atom. The summed E-state index contributed by atoms with van der Waals surface area (Å²) in [5, 5.41) is 8.46. The molecule has 3 heteroatoms. The fourth-order valence-corrected chi connectivity index (χ4v) is 2.93. The lowest BCUT2D eigenvalue weighted by molar-refractivity contribution is -0.137. The first-order chi connectivity index (χ1) is 12.6. The minimum absolute atomic E-state index is 0.266. The quantitative estimate of drug-likeness (QED) is 0.379. The van der Waals surface area contributed by atoms with Gasteiger partial charge in [-0.15, -0.1) is 0 Å². The Labute approximate surface area is 161 Å². The summed E-state index contributed by atoms with van der Waals surface area (Å²) < 4.78 is 0. The van der Waals surface area contributed by atoms with Gasteiger partial charge in [0.2, 0.25) is 0 Å². The van der Waals surface area contributed by atoms with E-state index in [-0.39, 0.29) is 6.04 Å². The SMILES string of the molecule is CC(N)Cc1ccccc1.CCCCCCCCCCCCCC(=O)O. The Bertz CT molecular complexity index is 417. The van der Waals surface area contributed by atoms with Crippen LogP contribution in [-0.2, 0) is 11.2 Å². The van der Waals surface area contributed by atoms with Crippen molar-refractivity contribution >= 4 is 5.97 Å². The van der Waals surface area contributed by atoms with E-state index >= 15 is 0 Å². The summed E-state index contributed by atoms with van der Waals surface area (Å²) in [5.74, 6) is -0.657. The third-order valence-corrected chi connectivity index (χ3v) is 4.39. The summed E-state index contributed by atoms with van der Waals surface area (Å²) in [5.41, 5.74) is 6.94. The number of hydrogen-bond acceptors (Lipinski definition) is 2. The van der Waals surface area contributed by atoms with Crippen molar-refractivity contribution in [1.82, 2.24) is 0 Å². The van der Waals surface area contributed by atoms with Crippen LogP contribution in [-0.4, -0.2) is 17.1 Å². The smallest absolute Gasteiger partial charge is 0.303 e. The van der Waals surface area contributed by atoms with Gasteiger partial charge >= 0.3 is 5.97 Å². The molecule has 0 amide bonds. The molecule has 0 heterocycles. The van der Waals surface area contributed by atoms with E-state index in [1.54, 1.807) is 0 Å². The van der Waals surface area contributed by atoms with Crippen molar-refractivity contribution in [2.24, 2.45) is 5.73 Å². The maximum Gasteiger partial charge on any atom is 0.303 e. The maximum absolute atomic E-state index is 10.3. The molecule has 1 atom stereocenters. The first-order valence-corrected chi connectivity index (χ1v) is 10.6. The topological polar surface area (TPSA) is 63.3 Å². The number of unbranched alkanes of at least 4 members (excludes halogenated alkanes) is 10. The van der Waals surface area contributed by atoms with Crippen molar-refractivity contribution < 1.29 is 9.90 Å². The summed E-state index contributed by atoms with van der Waals surface area (Å²) >= 11 is 0. The minimum atomic E-state index is -0.657. The summed E-state index contributed by atoms with van der Waals surface area (Å²) in [6, 6.07) is 10.6. The van der Waals surface area contributed by atoms with Gasteiger partial charge < -0.3 is 10.8 Å². The molecule has 0 fully saturated rings. The first kappa shape index (κ1) is 24.7. The molecule has 1 unspecified atom stereocenters. The van der Waals surface area contributed by atoms with Crippen LogP contribution in [0.15, 0.2) is 30.3 Å². The lowest BCUT2D eigenvalue weighted by atomic mass is 10.1. The Morgan fingerprint density at radius 1 is 0.885 bits per heavy atom. The molecule has 3 nitrogen and oxygen atoms in total. The molecule has 0 saturated heterocycles. The second kappa shape index (κ2) is 18.4. The molecule has 0 aliphatic rings. The Morgan fingerprint density at radius 2 is 1.35 bits per heavy atom. The molecule has 0 spiro atoms. The largest absolute Gasteiger partial charge is 0.481 e. The van der Waals surface area contributed by atoms with Crippen LogP contribution in [0, 0.1) is 0 Å². The number of carbonyl (C=O) groups is 1. The van der Waals surface area contributed by atoms with Crippen LogP contribution in [0.4, 0.5) is 0 Å². The van der Waals surface area contributed by atoms with Gasteiger partial charge in [0, 0.05) is 12.5 Å². The number of benzene rings is 1. The van der Waals surface area contributed by atoms with Gasteiger partial charge in [0.15, 0.2) is 0 Å². The number of rotatable bonds is 14. The highest BCUT2D eigenvalue weighted by atomic mass is 16.4. The first-order valence-electron chi connectivity index (χ1n) is 10.6. The van der Waals surface area contributed by atoms with Crippen molar-refractivity contribution in [3.8, 4) is 0 Å². The van der Waals surface area contributed by atoms with Gasteiger partial charge in [0.05, 0.1) is 0 Å². The predicted octanol–water partition coefficient (Wildman–Crippen LogP) is 6.35. The maximum atomic E-state index is 10.3. The minimum Gasteiger partial charge on any atom is -0.481 e. The lowest BCUT2D eigenvalue weighted by Gasteiger charge is -2.02. The zero-order valence-corrected chi connectivity index (χ0v) is 17.1. The molecule has 26 heavy (non-hydrogen) atoms. The predicted molar refractivity (Wildman–Crippen MR) is 113 cm³/mol. The van der Waals surface area contributed by atoms with Crippen LogP contribution in [0.2, 0.25) is 0 Å². The van der Waals surface area contributed by atoms with Crippen LogP contribution >= 0.6 is 0 Å². The van der Waals surface area contributed by atoms with Crippen molar-refractivity contribution in [3.05, 3.63) is 35.9 Å². The van der Waals surface area contributed by atoms with Gasteiger partial charge in [-0.25, -0.2) is 0 Å². The molecule has 1 aromatic carbocycles. The van der Waals surface area contributed by atoms with E-state index in [1.807, 2.05) is 25.1 Å². The highest BCUT2D eigenvalue weighted by Gasteiger charge is 1.96. The number of carboxylic acid groups (broad SMARTS) is 1. The summed E-state index contributed by atoms with van der Waals surface area (Å²) in [7, 11) is 0. The molecule has 0 radical (unpaired) electrons. The Kier molecular flexibility index (Phi) is 17.5. The highest BCUT2D eigenvalue weighted by Crippen LogP contribution is 2.11. The van der Waals surface area contributed by atoms with E-state index in [9.17, 15) is 4.79 Å². The Balaban J connectivity index is 0.000000531. The third-order valence-electron chi connectivity index (χ3n) is 4.39. The van der Waals surface area contributed by atoms with E-state index in [2.05, 4.69) is 19.1 Å². The van der Waals surface area contributed by atoms with Gasteiger partial charge in [-0.2, -0.15) is 0 Å². The molecule has 3 N–H and O–H groups in total. The van der Waals surface area contributed by atoms with Crippen LogP contribution in [0.5, 0.6) is 0 Å². The summed E-state index contributed by atoms with van der Waals surface area (Å²) in [6.07, 6.45) is 15.3. The number of carboxylic acids is 1. The number of nitrogens with two attached hydrogens (primary N) is 1. The van der Waals surface area contributed by atoms with E-state index in [0.717, 1.165) is 19.3 Å². The average molecular weight is 364 g/mol. The molecule has 0 saturated carbocycles. The second-order valence-corrected chi connectivity index (χ2v) is 7.35. The van der Waals surface area contributed by atoms with Gasteiger partial charge in [-0.3, -0.25) is 4.79 Å². The average Bonchev–Trinajstić information content (AvgIpc) is 2.60. The van der Waals surface area contributed by atoms with E-state index in [0.29, 0.717) is 6.42 Å². The van der Waals surface area contributed by atoms with Crippen molar-refractivity contribution in [3.63, 3.8) is 0 Å². The molecule has 0 bridgehead atoms. The Hall–Kier alpha value is -1.35. The lowest BCUT2D eigenvalue weighted by Crippen LogP contribution is -2.17. The summed E-state index contributed by atoms with van der Waals surface area (Å²) in [6.45, 7) is 4.27. The van der Waals surface area contributed by atoms with Gasteiger partial charge in [0.1, 0.15) is 0 Å². The number of hydrogen-bond donors (Lipinski definition) is 2. The fourth-order valence-electron chi connectivity index (χ4n) is 2.93. The number of aliphatic carboxylic acids is 1. The van der Waals surface area contributed by atoms with Crippen molar-refractivity contribution in [1.29, 1.82) is 0 Å². The van der Waals surface area contributed by atoms with E-state index in [4.69, 9.17) is 10.8 Å².